The van der Waals surface area contributed by atoms with E-state index in [2.05, 4.69) is 85.0 Å². The van der Waals surface area contributed by atoms with Crippen molar-refractivity contribution in [2.24, 2.45) is 8.62 Å². The van der Waals surface area contributed by atoms with Crippen LogP contribution in [0.5, 0.6) is 0 Å². The van der Waals surface area contributed by atoms with Gasteiger partial charge in [-0.3, -0.25) is 3.11 Å². The van der Waals surface area contributed by atoms with Crippen molar-refractivity contribution in [2.45, 2.75) is 20.8 Å². The van der Waals surface area contributed by atoms with Gasteiger partial charge in [0, 0.05) is 5.41 Å². The summed E-state index contributed by atoms with van der Waals surface area (Å²) in [6, 6.07) is 10.3. The minimum atomic E-state index is 0.0538. The van der Waals surface area contributed by atoms with Crippen molar-refractivity contribution in [2.75, 3.05) is 3.11 Å². The second-order valence-electron chi connectivity index (χ2n) is 4.27. The van der Waals surface area contributed by atoms with Crippen molar-refractivity contribution >= 4 is 57.3 Å². The van der Waals surface area contributed by atoms with Gasteiger partial charge in [0.15, 0.2) is 0 Å². The summed E-state index contributed by atoms with van der Waals surface area (Å²) in [4.78, 5) is 0. The summed E-state index contributed by atoms with van der Waals surface area (Å²) < 4.78 is 6.44. The molecule has 0 radical (unpaired) electrons. The van der Waals surface area contributed by atoms with Crippen LogP contribution in [0, 0.1) is 5.41 Å². The average Bonchev–Trinajstić information content (AvgIpc) is 2.18. The molecule has 82 valence electrons. The van der Waals surface area contributed by atoms with Crippen molar-refractivity contribution in [3.05, 3.63) is 30.3 Å². The van der Waals surface area contributed by atoms with Crippen molar-refractivity contribution in [3.63, 3.8) is 0 Å². The first-order valence-electron chi connectivity index (χ1n) is 4.67. The highest BCUT2D eigenvalue weighted by molar-refractivity contribution is 14.1. The minimum absolute atomic E-state index is 0.0538. The zero-order valence-corrected chi connectivity index (χ0v) is 13.4. The Labute approximate surface area is 119 Å². The molecule has 0 aliphatic heterocycles. The second kappa shape index (κ2) is 5.47. The Hall–Kier alpha value is 0.150. The van der Waals surface area contributed by atoms with Crippen LogP contribution in [0.25, 0.3) is 0 Å². The van der Waals surface area contributed by atoms with E-state index in [1.165, 1.54) is 0 Å². The van der Waals surface area contributed by atoms with E-state index in [1.807, 2.05) is 18.2 Å². The molecule has 4 heteroatoms. The van der Waals surface area contributed by atoms with Gasteiger partial charge in [0.05, 0.1) is 51.4 Å². The monoisotopic (exact) mass is 428 g/mol. The predicted octanol–water partition coefficient (Wildman–Crippen LogP) is 4.64. The van der Waals surface area contributed by atoms with Crippen molar-refractivity contribution in [1.82, 2.24) is 0 Å². The molecule has 0 spiro atoms. The van der Waals surface area contributed by atoms with Crippen LogP contribution < -0.4 is 3.11 Å². The van der Waals surface area contributed by atoms with Gasteiger partial charge in [-0.2, -0.15) is 0 Å². The van der Waals surface area contributed by atoms with Crippen molar-refractivity contribution in [1.29, 1.82) is 0 Å². The van der Waals surface area contributed by atoms with Gasteiger partial charge in [0.2, 0.25) is 0 Å². The standard InChI is InChI=1S/C11H14I2N2/c1-11(2,3)10(14-12)15(13)9-7-5-4-6-8-9/h4-8H,1-3H3. The number of rotatable bonds is 1. The lowest BCUT2D eigenvalue weighted by Crippen LogP contribution is -2.32. The number of halogens is 2. The molecule has 0 unspecified atom stereocenters. The molecule has 0 aliphatic carbocycles. The highest BCUT2D eigenvalue weighted by atomic mass is 127. The smallest absolute Gasteiger partial charge is 0.130 e. The maximum atomic E-state index is 4.34. The molecule has 1 rings (SSSR count). The molecule has 0 saturated carbocycles. The molecule has 1 aromatic carbocycles. The van der Waals surface area contributed by atoms with Gasteiger partial charge in [-0.05, 0) is 12.1 Å². The van der Waals surface area contributed by atoms with Crippen LogP contribution in [-0.2, 0) is 0 Å². The highest BCUT2D eigenvalue weighted by Gasteiger charge is 2.24. The van der Waals surface area contributed by atoms with Gasteiger partial charge >= 0.3 is 0 Å². The van der Waals surface area contributed by atoms with Gasteiger partial charge in [-0.15, -0.1) is 0 Å². The van der Waals surface area contributed by atoms with E-state index >= 15 is 0 Å². The molecule has 0 N–H and O–H groups in total. The van der Waals surface area contributed by atoms with Crippen LogP contribution in [0.4, 0.5) is 5.69 Å². The normalized spacial score (nSPS) is 12.7. The highest BCUT2D eigenvalue weighted by Crippen LogP contribution is 2.28. The molecule has 0 bridgehead atoms. The average molecular weight is 428 g/mol. The van der Waals surface area contributed by atoms with E-state index in [9.17, 15) is 0 Å². The predicted molar refractivity (Wildman–Crippen MR) is 83.9 cm³/mol. The third-order valence-corrected chi connectivity index (χ3v) is 3.39. The van der Waals surface area contributed by atoms with Crippen LogP contribution >= 0.6 is 45.7 Å². The van der Waals surface area contributed by atoms with Gasteiger partial charge in [0.25, 0.3) is 0 Å². The van der Waals surface area contributed by atoms with Gasteiger partial charge in [0.1, 0.15) is 5.84 Å². The lowest BCUT2D eigenvalue weighted by atomic mass is 9.95. The number of para-hydroxylation sites is 1. The fourth-order valence-corrected chi connectivity index (χ4v) is 3.64. The number of amidine groups is 1. The van der Waals surface area contributed by atoms with E-state index in [4.69, 9.17) is 0 Å². The van der Waals surface area contributed by atoms with Crippen molar-refractivity contribution < 1.29 is 0 Å². The zero-order valence-electron chi connectivity index (χ0n) is 9.04. The number of hydrogen-bond acceptors (Lipinski definition) is 1. The summed E-state index contributed by atoms with van der Waals surface area (Å²) >= 11 is 4.35. The summed E-state index contributed by atoms with van der Waals surface area (Å²) in [6.45, 7) is 6.50. The van der Waals surface area contributed by atoms with Gasteiger partial charge < -0.3 is 0 Å². The quantitative estimate of drug-likeness (QED) is 0.276. The van der Waals surface area contributed by atoms with E-state index in [-0.39, 0.29) is 5.41 Å². The Morgan fingerprint density at radius 3 is 2.13 bits per heavy atom. The molecule has 0 amide bonds. The lowest BCUT2D eigenvalue weighted by molar-refractivity contribution is 0.589. The summed E-state index contributed by atoms with van der Waals surface area (Å²) in [5, 5.41) is 0. The Balaban J connectivity index is 2.99. The summed E-state index contributed by atoms with van der Waals surface area (Å²) in [7, 11) is 0. The largest absolute Gasteiger partial charge is 0.269 e. The van der Waals surface area contributed by atoms with Crippen LogP contribution in [0.1, 0.15) is 20.8 Å². The molecule has 0 fully saturated rings. The second-order valence-corrected chi connectivity index (χ2v) is 5.72. The van der Waals surface area contributed by atoms with E-state index in [0.717, 1.165) is 11.5 Å². The molecular formula is C11H14I2N2. The van der Waals surface area contributed by atoms with Crippen LogP contribution in [0.15, 0.2) is 33.5 Å². The van der Waals surface area contributed by atoms with Gasteiger partial charge in [-0.1, -0.05) is 39.0 Å². The van der Waals surface area contributed by atoms with E-state index in [0.29, 0.717) is 0 Å². The summed E-state index contributed by atoms with van der Waals surface area (Å²) in [5.41, 5.74) is 1.21. The molecule has 0 heterocycles. The molecule has 2 nitrogen and oxygen atoms in total. The Bertz CT molecular complexity index is 341. The Kier molecular flexibility index (Phi) is 4.82. The number of nitrogens with zero attached hydrogens (tertiary/aromatic N) is 2. The molecule has 0 atom stereocenters. The van der Waals surface area contributed by atoms with Crippen LogP contribution in [-0.4, -0.2) is 5.84 Å². The van der Waals surface area contributed by atoms with E-state index < -0.39 is 0 Å². The third kappa shape index (κ3) is 3.58. The lowest BCUT2D eigenvalue weighted by Gasteiger charge is -2.27. The van der Waals surface area contributed by atoms with Crippen LogP contribution in [0.2, 0.25) is 0 Å². The van der Waals surface area contributed by atoms with Gasteiger partial charge in [-0.25, -0.2) is 3.21 Å². The number of hydrogen-bond donors (Lipinski definition) is 0. The molecule has 1 aromatic rings. The molecule has 0 saturated heterocycles. The molecule has 15 heavy (non-hydrogen) atoms. The Morgan fingerprint density at radius 1 is 1.20 bits per heavy atom. The maximum Gasteiger partial charge on any atom is 0.130 e. The Morgan fingerprint density at radius 2 is 1.73 bits per heavy atom. The first kappa shape index (κ1) is 13.2. The molecular weight excluding hydrogens is 414 g/mol. The zero-order chi connectivity index (χ0) is 11.5. The van der Waals surface area contributed by atoms with Crippen LogP contribution in [0.3, 0.4) is 0 Å². The number of benzene rings is 1. The van der Waals surface area contributed by atoms with E-state index in [1.54, 1.807) is 0 Å². The topological polar surface area (TPSA) is 15.6 Å². The fourth-order valence-electron chi connectivity index (χ4n) is 1.14. The third-order valence-electron chi connectivity index (χ3n) is 1.92. The first-order valence-corrected chi connectivity index (χ1v) is 6.60. The maximum absolute atomic E-state index is 4.34. The SMILES string of the molecule is CC(C)(C)C(=NI)N(I)c1ccccc1. The molecule has 0 aromatic heterocycles. The number of anilines is 1. The minimum Gasteiger partial charge on any atom is -0.269 e. The fraction of sp³-hybridized carbons (Fsp3) is 0.364. The molecule has 0 aliphatic rings. The summed E-state index contributed by atoms with van der Waals surface area (Å²) in [5.74, 6) is 1.06. The van der Waals surface area contributed by atoms with Crippen molar-refractivity contribution in [3.8, 4) is 0 Å². The summed E-state index contributed by atoms with van der Waals surface area (Å²) in [6.07, 6.45) is 0. The first-order chi connectivity index (χ1) is 6.96.